The molecule has 0 spiro atoms. The molecule has 150 valence electrons. The molecule has 2 fully saturated rings. The number of carbonyl (C=O) groups excluding carboxylic acids is 2. The number of thiophene rings is 1. The summed E-state index contributed by atoms with van der Waals surface area (Å²) in [6, 6.07) is 2.10. The number of allylic oxidation sites excluding steroid dienone is 1. The number of carboxylic acid groups (broad SMARTS) is 1. The second kappa shape index (κ2) is 6.48. The lowest BCUT2D eigenvalue weighted by atomic mass is 9.82. The van der Waals surface area contributed by atoms with Crippen LogP contribution in [0.4, 0.5) is 4.79 Å². The summed E-state index contributed by atoms with van der Waals surface area (Å²) in [4.78, 5) is 40.3. The highest BCUT2D eigenvalue weighted by Crippen LogP contribution is 2.47. The number of likely N-dealkylation sites (tertiary alicyclic amines) is 1. The Morgan fingerprint density at radius 1 is 1.43 bits per heavy atom. The first-order valence-electron chi connectivity index (χ1n) is 8.43. The summed E-state index contributed by atoms with van der Waals surface area (Å²) in [6.07, 6.45) is 0.833. The van der Waals surface area contributed by atoms with Crippen LogP contribution in [0.25, 0.3) is 0 Å². The molecular formula is C16H17N3O7S2. The van der Waals surface area contributed by atoms with Crippen molar-refractivity contribution in [3.63, 3.8) is 0 Å². The SMILES string of the molecule is CS(=O)(=O)OC1=C(C(=O)O)N2C(=O)[C@@H]3[C@H]2[C@H](C1)CN3C(=O)NCc1cccs1. The Bertz CT molecular complexity index is 986. The van der Waals surface area contributed by atoms with E-state index in [9.17, 15) is 27.9 Å². The van der Waals surface area contributed by atoms with Crippen LogP contribution in [-0.4, -0.2) is 66.1 Å². The van der Waals surface area contributed by atoms with Crippen molar-refractivity contribution >= 4 is 39.4 Å². The van der Waals surface area contributed by atoms with Crippen molar-refractivity contribution in [2.45, 2.75) is 25.0 Å². The van der Waals surface area contributed by atoms with E-state index in [0.717, 1.165) is 16.0 Å². The summed E-state index contributed by atoms with van der Waals surface area (Å²) < 4.78 is 27.9. The van der Waals surface area contributed by atoms with Gasteiger partial charge in [0.1, 0.15) is 6.04 Å². The van der Waals surface area contributed by atoms with Crippen LogP contribution in [0.5, 0.6) is 0 Å². The number of hydrogen-bond donors (Lipinski definition) is 2. The van der Waals surface area contributed by atoms with Crippen molar-refractivity contribution < 1.29 is 32.1 Å². The fourth-order valence-corrected chi connectivity index (χ4v) is 5.19. The third-order valence-corrected chi connectivity index (χ3v) is 6.40. The Labute approximate surface area is 164 Å². The average molecular weight is 427 g/mol. The zero-order valence-corrected chi connectivity index (χ0v) is 16.3. The number of carboxylic acids is 1. The molecule has 0 radical (unpaired) electrons. The Balaban J connectivity index is 1.55. The van der Waals surface area contributed by atoms with Gasteiger partial charge in [-0.15, -0.1) is 11.3 Å². The zero-order valence-electron chi connectivity index (χ0n) is 14.7. The van der Waals surface area contributed by atoms with Gasteiger partial charge in [0, 0.05) is 23.8 Å². The second-order valence-electron chi connectivity index (χ2n) is 6.86. The van der Waals surface area contributed by atoms with E-state index < -0.39 is 45.8 Å². The lowest BCUT2D eigenvalue weighted by Gasteiger charge is -2.49. The van der Waals surface area contributed by atoms with Crippen LogP contribution in [0, 0.1) is 5.92 Å². The van der Waals surface area contributed by atoms with E-state index in [2.05, 4.69) is 5.32 Å². The molecule has 0 aliphatic carbocycles. The largest absolute Gasteiger partial charge is 0.476 e. The fraction of sp³-hybridized carbons (Fsp3) is 0.438. The minimum atomic E-state index is -3.96. The van der Waals surface area contributed by atoms with Gasteiger partial charge in [-0.25, -0.2) is 9.59 Å². The summed E-state index contributed by atoms with van der Waals surface area (Å²) in [6.45, 7) is 0.533. The number of rotatable bonds is 5. The average Bonchev–Trinajstić information content (AvgIpc) is 3.22. The van der Waals surface area contributed by atoms with Crippen LogP contribution in [0.1, 0.15) is 11.3 Å². The molecule has 3 amide bonds. The lowest BCUT2D eigenvalue weighted by molar-refractivity contribution is -0.156. The molecule has 10 nitrogen and oxygen atoms in total. The Hall–Kier alpha value is -2.60. The van der Waals surface area contributed by atoms with Crippen LogP contribution in [-0.2, 0) is 30.4 Å². The van der Waals surface area contributed by atoms with Crippen molar-refractivity contribution in [3.05, 3.63) is 33.8 Å². The van der Waals surface area contributed by atoms with Gasteiger partial charge in [0.2, 0.25) is 0 Å². The van der Waals surface area contributed by atoms with Crippen LogP contribution < -0.4 is 5.32 Å². The van der Waals surface area contributed by atoms with Crippen LogP contribution in [0.2, 0.25) is 0 Å². The quantitative estimate of drug-likeness (QED) is 0.504. The van der Waals surface area contributed by atoms with Crippen LogP contribution in [0.15, 0.2) is 29.0 Å². The Morgan fingerprint density at radius 2 is 2.18 bits per heavy atom. The van der Waals surface area contributed by atoms with Crippen molar-refractivity contribution in [1.82, 2.24) is 15.1 Å². The van der Waals surface area contributed by atoms with Gasteiger partial charge in [-0.2, -0.15) is 8.42 Å². The molecule has 0 saturated carbocycles. The van der Waals surface area contributed by atoms with Crippen LogP contribution in [0.3, 0.4) is 0 Å². The van der Waals surface area contributed by atoms with E-state index in [1.807, 2.05) is 17.5 Å². The van der Waals surface area contributed by atoms with E-state index >= 15 is 0 Å². The summed E-state index contributed by atoms with van der Waals surface area (Å²) in [5.74, 6) is -2.56. The summed E-state index contributed by atoms with van der Waals surface area (Å²) in [5, 5.41) is 14.1. The third kappa shape index (κ3) is 3.02. The van der Waals surface area contributed by atoms with E-state index in [1.54, 1.807) is 0 Å². The molecule has 0 aromatic carbocycles. The maximum atomic E-state index is 12.6. The van der Waals surface area contributed by atoms with Gasteiger partial charge in [-0.3, -0.25) is 9.69 Å². The number of aliphatic carboxylic acids is 1. The molecule has 28 heavy (non-hydrogen) atoms. The standard InChI is InChI=1S/C16H17N3O7S2/c1-28(24,25)26-10-5-8-7-18(16(23)17-6-9-3-2-4-27-9)13-11(8)19(14(13)20)12(10)15(21)22/h2-4,8,11,13H,5-7H2,1H3,(H,17,23)(H,21,22)/t8-,11-,13+/m1/s1. The van der Waals surface area contributed by atoms with Crippen molar-refractivity contribution in [2.75, 3.05) is 12.8 Å². The molecule has 4 rings (SSSR count). The molecule has 2 saturated heterocycles. The van der Waals surface area contributed by atoms with E-state index in [1.165, 1.54) is 16.2 Å². The third-order valence-electron chi connectivity index (χ3n) is 5.02. The number of nitrogens with zero attached hydrogens (tertiary/aromatic N) is 2. The van der Waals surface area contributed by atoms with E-state index in [4.69, 9.17) is 4.18 Å². The van der Waals surface area contributed by atoms with Crippen molar-refractivity contribution in [3.8, 4) is 0 Å². The molecule has 2 N–H and O–H groups in total. The first-order chi connectivity index (χ1) is 13.2. The molecule has 3 aliphatic heterocycles. The maximum Gasteiger partial charge on any atom is 0.356 e. The normalized spacial score (nSPS) is 26.0. The second-order valence-corrected chi connectivity index (χ2v) is 9.47. The summed E-state index contributed by atoms with van der Waals surface area (Å²) in [5.41, 5.74) is -0.464. The number of hydrogen-bond acceptors (Lipinski definition) is 7. The highest BCUT2D eigenvalue weighted by atomic mass is 32.2. The van der Waals surface area contributed by atoms with Gasteiger partial charge >= 0.3 is 22.1 Å². The summed E-state index contributed by atoms with van der Waals surface area (Å²) in [7, 11) is -3.96. The van der Waals surface area contributed by atoms with E-state index in [0.29, 0.717) is 6.54 Å². The first-order valence-corrected chi connectivity index (χ1v) is 11.1. The Morgan fingerprint density at radius 3 is 2.79 bits per heavy atom. The topological polar surface area (TPSA) is 133 Å². The molecule has 3 aliphatic rings. The monoisotopic (exact) mass is 427 g/mol. The van der Waals surface area contributed by atoms with Gasteiger partial charge in [0.25, 0.3) is 5.91 Å². The van der Waals surface area contributed by atoms with Crippen molar-refractivity contribution in [1.29, 1.82) is 0 Å². The highest BCUT2D eigenvalue weighted by Gasteiger charge is 2.64. The molecule has 1 aromatic rings. The minimum Gasteiger partial charge on any atom is -0.476 e. The zero-order chi connectivity index (χ0) is 20.2. The van der Waals surface area contributed by atoms with Gasteiger partial charge in [0.15, 0.2) is 11.5 Å². The number of nitrogens with one attached hydrogen (secondary N) is 1. The van der Waals surface area contributed by atoms with Gasteiger partial charge in [-0.1, -0.05) is 6.07 Å². The number of urea groups is 1. The highest BCUT2D eigenvalue weighted by molar-refractivity contribution is 7.86. The fourth-order valence-electron chi connectivity index (χ4n) is 4.03. The molecule has 4 heterocycles. The van der Waals surface area contributed by atoms with Gasteiger partial charge in [-0.05, 0) is 11.4 Å². The first kappa shape index (κ1) is 18.7. The Kier molecular flexibility index (Phi) is 4.34. The molecular weight excluding hydrogens is 410 g/mol. The summed E-state index contributed by atoms with van der Waals surface area (Å²) >= 11 is 1.49. The number of β-lactam (4-membered cyclic amide) rings is 1. The molecule has 0 unspecified atom stereocenters. The maximum absolute atomic E-state index is 12.6. The lowest BCUT2D eigenvalue weighted by Crippen LogP contribution is -2.69. The van der Waals surface area contributed by atoms with Gasteiger partial charge < -0.3 is 19.5 Å². The number of carbonyl (C=O) groups is 3. The number of amides is 3. The predicted octanol–water partition coefficient (Wildman–Crippen LogP) is 0.145. The molecule has 0 bridgehead atoms. The molecule has 12 heteroatoms. The van der Waals surface area contributed by atoms with E-state index in [-0.39, 0.29) is 24.6 Å². The van der Waals surface area contributed by atoms with Crippen LogP contribution >= 0.6 is 11.3 Å². The van der Waals surface area contributed by atoms with Crippen molar-refractivity contribution in [2.24, 2.45) is 5.92 Å². The minimum absolute atomic E-state index is 0.0222. The smallest absolute Gasteiger partial charge is 0.356 e. The molecule has 1 aromatic heterocycles. The molecule has 3 atom stereocenters. The predicted molar refractivity (Wildman–Crippen MR) is 96.4 cm³/mol. The van der Waals surface area contributed by atoms with Gasteiger partial charge in [0.05, 0.1) is 18.8 Å².